The van der Waals surface area contributed by atoms with Crippen molar-refractivity contribution in [1.29, 1.82) is 0 Å². The number of carbonyl (C=O) groups excluding carboxylic acids is 2. The number of esters is 2. The summed E-state index contributed by atoms with van der Waals surface area (Å²) in [6.45, 7) is 6.08. The molecule has 1 atom stereocenters. The zero-order chi connectivity index (χ0) is 18.0. The Labute approximate surface area is 144 Å². The second kappa shape index (κ2) is 7.00. The summed E-state index contributed by atoms with van der Waals surface area (Å²) in [6.07, 6.45) is 6.02. The molecular formula is C18H31NO5. The van der Waals surface area contributed by atoms with Crippen LogP contribution >= 0.6 is 0 Å². The predicted molar refractivity (Wildman–Crippen MR) is 89.4 cm³/mol. The van der Waals surface area contributed by atoms with Crippen molar-refractivity contribution in [2.45, 2.75) is 82.4 Å². The van der Waals surface area contributed by atoms with E-state index in [9.17, 15) is 14.7 Å². The Balaban J connectivity index is 2.49. The Morgan fingerprint density at radius 3 is 2.25 bits per heavy atom. The number of ether oxygens (including phenoxy) is 2. The van der Waals surface area contributed by atoms with Crippen LogP contribution in [0.5, 0.6) is 0 Å². The molecule has 0 radical (unpaired) electrons. The van der Waals surface area contributed by atoms with Crippen LogP contribution in [0.3, 0.4) is 0 Å². The Morgan fingerprint density at radius 2 is 1.75 bits per heavy atom. The molecule has 1 heterocycles. The van der Waals surface area contributed by atoms with Gasteiger partial charge in [0.1, 0.15) is 0 Å². The standard InChI is InChI=1S/C18H31NO5/c1-14(21)24-18(15(22)23-4)12-16(2,3)19(10-11-20)17(13-18)8-6-5-7-9-17/h20H,5-13H2,1-4H3. The van der Waals surface area contributed by atoms with Crippen molar-refractivity contribution in [1.82, 2.24) is 4.90 Å². The van der Waals surface area contributed by atoms with Gasteiger partial charge in [-0.05, 0) is 26.7 Å². The molecular weight excluding hydrogens is 310 g/mol. The van der Waals surface area contributed by atoms with Gasteiger partial charge in [-0.3, -0.25) is 9.69 Å². The van der Waals surface area contributed by atoms with Crippen LogP contribution in [0, 0.1) is 0 Å². The minimum absolute atomic E-state index is 0.0734. The monoisotopic (exact) mass is 341 g/mol. The fourth-order valence-corrected chi connectivity index (χ4v) is 5.14. The van der Waals surface area contributed by atoms with Crippen molar-refractivity contribution in [3.63, 3.8) is 0 Å². The van der Waals surface area contributed by atoms with E-state index in [1.54, 1.807) is 0 Å². The van der Waals surface area contributed by atoms with E-state index in [1.807, 2.05) is 0 Å². The smallest absolute Gasteiger partial charge is 0.350 e. The van der Waals surface area contributed by atoms with Crippen LogP contribution in [0.25, 0.3) is 0 Å². The van der Waals surface area contributed by atoms with Gasteiger partial charge in [-0.2, -0.15) is 0 Å². The first-order chi connectivity index (χ1) is 11.2. The first-order valence-corrected chi connectivity index (χ1v) is 8.88. The van der Waals surface area contributed by atoms with Gasteiger partial charge in [-0.25, -0.2) is 4.79 Å². The number of carbonyl (C=O) groups is 2. The van der Waals surface area contributed by atoms with Gasteiger partial charge in [0.25, 0.3) is 0 Å². The summed E-state index contributed by atoms with van der Waals surface area (Å²) in [5.74, 6) is -0.933. The fraction of sp³-hybridized carbons (Fsp3) is 0.889. The van der Waals surface area contributed by atoms with E-state index in [1.165, 1.54) is 20.5 Å². The summed E-state index contributed by atoms with van der Waals surface area (Å²) in [5, 5.41) is 9.58. The maximum Gasteiger partial charge on any atom is 0.350 e. The molecule has 0 bridgehead atoms. The van der Waals surface area contributed by atoms with Gasteiger partial charge in [-0.15, -0.1) is 0 Å². The lowest BCUT2D eigenvalue weighted by molar-refractivity contribution is -0.209. The van der Waals surface area contributed by atoms with Gasteiger partial charge >= 0.3 is 11.9 Å². The molecule has 6 nitrogen and oxygen atoms in total. The molecule has 24 heavy (non-hydrogen) atoms. The van der Waals surface area contributed by atoms with Gasteiger partial charge in [0.05, 0.1) is 13.7 Å². The number of β-amino-alcohol motifs (C(OH)–C–C–N with tert-alkyl or cyclic N) is 1. The molecule has 1 aliphatic carbocycles. The van der Waals surface area contributed by atoms with Crippen LogP contribution in [-0.2, 0) is 19.1 Å². The molecule has 138 valence electrons. The largest absolute Gasteiger partial charge is 0.466 e. The number of aliphatic hydroxyl groups excluding tert-OH is 1. The highest BCUT2D eigenvalue weighted by molar-refractivity contribution is 5.83. The summed E-state index contributed by atoms with van der Waals surface area (Å²) >= 11 is 0. The van der Waals surface area contributed by atoms with E-state index in [0.717, 1.165) is 25.7 Å². The number of hydrogen-bond acceptors (Lipinski definition) is 6. The summed E-state index contributed by atoms with van der Waals surface area (Å²) in [5.41, 5.74) is -1.87. The SMILES string of the molecule is COC(=O)C1(OC(C)=O)CC(C)(C)N(CCO)C2(CCCCC2)C1. The number of piperidine rings is 1. The third kappa shape index (κ3) is 3.45. The van der Waals surface area contributed by atoms with Gasteiger partial charge < -0.3 is 14.6 Å². The Bertz CT molecular complexity index is 484. The van der Waals surface area contributed by atoms with E-state index in [0.29, 0.717) is 19.4 Å². The number of aliphatic hydroxyl groups is 1. The van der Waals surface area contributed by atoms with Crippen molar-refractivity contribution in [3.8, 4) is 0 Å². The maximum absolute atomic E-state index is 12.6. The first kappa shape index (κ1) is 19.2. The van der Waals surface area contributed by atoms with Crippen LogP contribution < -0.4 is 0 Å². The highest BCUT2D eigenvalue weighted by Gasteiger charge is 2.61. The molecule has 0 amide bonds. The Kier molecular flexibility index (Phi) is 5.60. The average Bonchev–Trinajstić information content (AvgIpc) is 2.50. The van der Waals surface area contributed by atoms with E-state index >= 15 is 0 Å². The molecule has 1 aliphatic heterocycles. The summed E-state index contributed by atoms with van der Waals surface area (Å²) < 4.78 is 10.7. The van der Waals surface area contributed by atoms with Gasteiger partial charge in [0.2, 0.25) is 5.60 Å². The van der Waals surface area contributed by atoms with Crippen molar-refractivity contribution in [3.05, 3.63) is 0 Å². The molecule has 0 aromatic heterocycles. The second-order valence-electron chi connectivity index (χ2n) is 7.91. The molecule has 1 unspecified atom stereocenters. The van der Waals surface area contributed by atoms with Crippen LogP contribution in [0.15, 0.2) is 0 Å². The molecule has 1 N–H and O–H groups in total. The summed E-state index contributed by atoms with van der Waals surface area (Å²) in [4.78, 5) is 26.7. The average molecular weight is 341 g/mol. The summed E-state index contributed by atoms with van der Waals surface area (Å²) in [6, 6.07) is 0. The van der Waals surface area contributed by atoms with Gasteiger partial charge in [-0.1, -0.05) is 19.3 Å². The molecule has 2 rings (SSSR count). The first-order valence-electron chi connectivity index (χ1n) is 8.88. The predicted octanol–water partition coefficient (Wildman–Crippen LogP) is 2.03. The lowest BCUT2D eigenvalue weighted by Gasteiger charge is -2.61. The molecule has 0 aromatic rings. The number of methoxy groups -OCH3 is 1. The third-order valence-electron chi connectivity index (χ3n) is 5.64. The quantitative estimate of drug-likeness (QED) is 0.789. The van der Waals surface area contributed by atoms with Gasteiger partial charge in [0.15, 0.2) is 0 Å². The number of rotatable bonds is 4. The second-order valence-corrected chi connectivity index (χ2v) is 7.91. The number of nitrogens with zero attached hydrogens (tertiary/aromatic N) is 1. The van der Waals surface area contributed by atoms with Crippen molar-refractivity contribution >= 4 is 11.9 Å². The van der Waals surface area contributed by atoms with E-state index in [2.05, 4.69) is 18.7 Å². The number of likely N-dealkylation sites (tertiary alicyclic amines) is 1. The van der Waals surface area contributed by atoms with Crippen molar-refractivity contribution < 1.29 is 24.2 Å². The number of hydrogen-bond donors (Lipinski definition) is 1. The lowest BCUT2D eigenvalue weighted by atomic mass is 9.64. The molecule has 1 spiro atoms. The third-order valence-corrected chi connectivity index (χ3v) is 5.64. The zero-order valence-corrected chi connectivity index (χ0v) is 15.4. The topological polar surface area (TPSA) is 76.1 Å². The molecule has 2 aliphatic rings. The Morgan fingerprint density at radius 1 is 1.12 bits per heavy atom. The normalized spacial score (nSPS) is 29.2. The highest BCUT2D eigenvalue weighted by atomic mass is 16.6. The highest BCUT2D eigenvalue weighted by Crippen LogP contribution is 2.51. The lowest BCUT2D eigenvalue weighted by Crippen LogP contribution is -2.70. The van der Waals surface area contributed by atoms with E-state index < -0.39 is 17.5 Å². The minimum Gasteiger partial charge on any atom is -0.466 e. The minimum atomic E-state index is -1.24. The Hall–Kier alpha value is -1.14. The summed E-state index contributed by atoms with van der Waals surface area (Å²) in [7, 11) is 1.34. The maximum atomic E-state index is 12.6. The van der Waals surface area contributed by atoms with Crippen LogP contribution in [0.4, 0.5) is 0 Å². The van der Waals surface area contributed by atoms with Gasteiger partial charge in [0, 0.05) is 37.4 Å². The van der Waals surface area contributed by atoms with Crippen molar-refractivity contribution in [2.24, 2.45) is 0 Å². The van der Waals surface area contributed by atoms with E-state index in [-0.39, 0.29) is 17.7 Å². The van der Waals surface area contributed by atoms with E-state index in [4.69, 9.17) is 9.47 Å². The van der Waals surface area contributed by atoms with Crippen LogP contribution in [-0.4, -0.2) is 58.9 Å². The molecule has 6 heteroatoms. The fourth-order valence-electron chi connectivity index (χ4n) is 5.14. The zero-order valence-electron chi connectivity index (χ0n) is 15.4. The van der Waals surface area contributed by atoms with Crippen molar-refractivity contribution in [2.75, 3.05) is 20.3 Å². The van der Waals surface area contributed by atoms with Crippen LogP contribution in [0.2, 0.25) is 0 Å². The van der Waals surface area contributed by atoms with Crippen LogP contribution in [0.1, 0.15) is 65.7 Å². The molecule has 1 saturated carbocycles. The molecule has 0 aromatic carbocycles. The molecule has 1 saturated heterocycles. The molecule has 2 fully saturated rings.